The minimum absolute atomic E-state index is 0.142. The molecule has 326 valence electrons. The minimum Gasteiger partial charge on any atom is -0.453 e. The van der Waals surface area contributed by atoms with Gasteiger partial charge in [-0.1, -0.05) is 87.4 Å². The molecule has 2 aromatic carbocycles. The third kappa shape index (κ3) is 7.67. The van der Waals surface area contributed by atoms with Crippen LogP contribution in [0.5, 0.6) is 0 Å². The van der Waals surface area contributed by atoms with Crippen molar-refractivity contribution in [2.45, 2.75) is 90.6 Å². The van der Waals surface area contributed by atoms with E-state index in [0.29, 0.717) is 24.7 Å². The van der Waals surface area contributed by atoms with E-state index in [1.165, 1.54) is 30.9 Å². The molecule has 1 saturated heterocycles. The van der Waals surface area contributed by atoms with Crippen LogP contribution in [0, 0.1) is 11.8 Å². The molecule has 62 heavy (non-hydrogen) atoms. The predicted molar refractivity (Wildman–Crippen MR) is 234 cm³/mol. The molecule has 4 aromatic rings. The lowest BCUT2D eigenvalue weighted by Gasteiger charge is -2.30. The quantitative estimate of drug-likeness (QED) is 0.112. The molecule has 4 aliphatic rings. The highest BCUT2D eigenvalue weighted by Crippen LogP contribution is 2.57. The number of aromatic nitrogens is 4. The molecule has 2 unspecified atom stereocenters. The van der Waals surface area contributed by atoms with Crippen molar-refractivity contribution in [2.24, 2.45) is 11.8 Å². The summed E-state index contributed by atoms with van der Waals surface area (Å²) in [5.74, 6) is 0.661. The average Bonchev–Trinajstić information content (AvgIpc) is 4.13. The maximum atomic E-state index is 13.9. The van der Waals surface area contributed by atoms with Crippen LogP contribution in [0.3, 0.4) is 0 Å². The van der Waals surface area contributed by atoms with Crippen molar-refractivity contribution >= 4 is 24.0 Å². The largest absolute Gasteiger partial charge is 0.453 e. The van der Waals surface area contributed by atoms with Gasteiger partial charge >= 0.3 is 12.2 Å². The van der Waals surface area contributed by atoms with E-state index in [1.54, 1.807) is 16.0 Å². The molecule has 2 bridgehead atoms. The van der Waals surface area contributed by atoms with Crippen LogP contribution in [0.2, 0.25) is 0 Å². The standard InChI is InChI=1S/C47H57N9O6/c1-24(2)40(52-46(59)61-8)44(57)55-22-26(5)18-36(55)42-48-20-32(50-42)29-12-10-28(11-13-29)30-14-15-31(39-35-17-16-34(38(30)39)54(35)7)33-21-49-43(51-33)37-19-27(6)23-56(37)45(58)41(25(3)4)53-47(60)62-9/h10-15,18-21,24-25,34-37,40-41H,16-17,22-23H2,1-9H3,(H,48,50)(H,49,51)(H,52,59)(H,53,60)/t34?,35?,36-,37-,40-,41-/m0/s1. The number of nitrogens with one attached hydrogen (secondary N) is 4. The van der Waals surface area contributed by atoms with Crippen LogP contribution in [0.25, 0.3) is 33.6 Å². The summed E-state index contributed by atoms with van der Waals surface area (Å²) >= 11 is 0. The number of carbonyl (C=O) groups is 4. The van der Waals surface area contributed by atoms with Gasteiger partial charge in [-0.3, -0.25) is 14.5 Å². The molecule has 15 nitrogen and oxygen atoms in total. The molecule has 4 aliphatic heterocycles. The number of nitrogens with zero attached hydrogens (tertiary/aromatic N) is 5. The highest BCUT2D eigenvalue weighted by Gasteiger charge is 2.45. The van der Waals surface area contributed by atoms with Gasteiger partial charge in [0.1, 0.15) is 35.8 Å². The maximum Gasteiger partial charge on any atom is 0.407 e. The Morgan fingerprint density at radius 3 is 1.58 bits per heavy atom. The van der Waals surface area contributed by atoms with E-state index in [-0.39, 0.29) is 35.7 Å². The molecule has 15 heteroatoms. The van der Waals surface area contributed by atoms with Crippen LogP contribution >= 0.6 is 0 Å². The lowest BCUT2D eigenvalue weighted by molar-refractivity contribution is -0.135. The first kappa shape index (κ1) is 42.5. The van der Waals surface area contributed by atoms with E-state index >= 15 is 0 Å². The van der Waals surface area contributed by atoms with Crippen molar-refractivity contribution in [1.29, 1.82) is 0 Å². The van der Waals surface area contributed by atoms with Crippen LogP contribution < -0.4 is 10.6 Å². The van der Waals surface area contributed by atoms with Crippen LogP contribution in [-0.4, -0.2) is 105 Å². The molecule has 0 saturated carbocycles. The van der Waals surface area contributed by atoms with Gasteiger partial charge in [0.05, 0.1) is 38.0 Å². The summed E-state index contributed by atoms with van der Waals surface area (Å²) in [6.45, 7) is 12.5. The molecule has 6 atom stereocenters. The smallest absolute Gasteiger partial charge is 0.407 e. The summed E-state index contributed by atoms with van der Waals surface area (Å²) in [4.78, 5) is 74.6. The minimum atomic E-state index is -0.740. The second-order valence-electron chi connectivity index (χ2n) is 17.8. The molecule has 6 heterocycles. The number of hydrogen-bond acceptors (Lipinski definition) is 9. The first-order valence-electron chi connectivity index (χ1n) is 21.4. The van der Waals surface area contributed by atoms with E-state index < -0.39 is 36.4 Å². The van der Waals surface area contributed by atoms with Crippen LogP contribution in [0.15, 0.2) is 72.1 Å². The van der Waals surface area contributed by atoms with Gasteiger partial charge in [0.15, 0.2) is 0 Å². The number of methoxy groups -OCH3 is 2. The Morgan fingerprint density at radius 2 is 1.10 bits per heavy atom. The van der Waals surface area contributed by atoms with Crippen molar-refractivity contribution in [3.63, 3.8) is 0 Å². The van der Waals surface area contributed by atoms with Crippen molar-refractivity contribution in [3.05, 3.63) is 94.9 Å². The Labute approximate surface area is 362 Å². The van der Waals surface area contributed by atoms with E-state index in [0.717, 1.165) is 52.1 Å². The topological polar surface area (TPSA) is 178 Å². The fourth-order valence-corrected chi connectivity index (χ4v) is 9.76. The lowest BCUT2D eigenvalue weighted by atomic mass is 9.82. The average molecular weight is 844 g/mol. The molecular weight excluding hydrogens is 787 g/mol. The zero-order valence-electron chi connectivity index (χ0n) is 36.9. The number of H-pyrrole nitrogens is 2. The normalized spacial score (nSPS) is 21.5. The SMILES string of the molecule is COC(=O)N[C@H](C(=O)N1CC(C)=C[C@H]1c1ncc(-c2ccc(-c3ccc(-c4cnc([C@@H]5C=C(C)CN5C(=O)[C@@H](NC(=O)OC)C(C)C)[nH]4)c4c3C3CCC4N3C)cc2)[nH]1)C(C)C. The van der Waals surface area contributed by atoms with Crippen LogP contribution in [-0.2, 0) is 19.1 Å². The first-order valence-corrected chi connectivity index (χ1v) is 21.4. The van der Waals surface area contributed by atoms with Gasteiger partial charge in [-0.25, -0.2) is 19.6 Å². The fraction of sp³-hybridized carbons (Fsp3) is 0.447. The van der Waals surface area contributed by atoms with Gasteiger partial charge in [-0.05, 0) is 73.4 Å². The van der Waals surface area contributed by atoms with Gasteiger partial charge in [-0.2, -0.15) is 0 Å². The van der Waals surface area contributed by atoms with Crippen molar-refractivity contribution < 1.29 is 28.7 Å². The second kappa shape index (κ2) is 16.9. The lowest BCUT2D eigenvalue weighted by Crippen LogP contribution is -2.51. The van der Waals surface area contributed by atoms with E-state index in [4.69, 9.17) is 19.4 Å². The van der Waals surface area contributed by atoms with Gasteiger partial charge < -0.3 is 39.9 Å². The molecule has 0 radical (unpaired) electrons. The monoisotopic (exact) mass is 843 g/mol. The zero-order chi connectivity index (χ0) is 44.1. The van der Waals surface area contributed by atoms with Crippen molar-refractivity contribution in [1.82, 2.24) is 45.3 Å². The zero-order valence-corrected chi connectivity index (χ0v) is 36.9. The Morgan fingerprint density at radius 1 is 0.661 bits per heavy atom. The highest BCUT2D eigenvalue weighted by molar-refractivity contribution is 5.88. The van der Waals surface area contributed by atoms with E-state index in [9.17, 15) is 19.2 Å². The number of ether oxygens (including phenoxy) is 2. The van der Waals surface area contributed by atoms with Gasteiger partial charge in [0, 0.05) is 30.7 Å². The number of imidazole rings is 2. The first-order chi connectivity index (χ1) is 29.7. The predicted octanol–water partition coefficient (Wildman–Crippen LogP) is 7.38. The van der Waals surface area contributed by atoms with Gasteiger partial charge in [-0.15, -0.1) is 0 Å². The summed E-state index contributed by atoms with van der Waals surface area (Å²) in [7, 11) is 4.79. The van der Waals surface area contributed by atoms with Crippen molar-refractivity contribution in [3.8, 4) is 33.6 Å². The Balaban J connectivity index is 1.05. The van der Waals surface area contributed by atoms with E-state index in [2.05, 4.69) is 75.0 Å². The number of hydrogen-bond donors (Lipinski definition) is 4. The van der Waals surface area contributed by atoms with Crippen LogP contribution in [0.1, 0.15) is 101 Å². The fourth-order valence-electron chi connectivity index (χ4n) is 9.76. The van der Waals surface area contributed by atoms with E-state index in [1.807, 2.05) is 53.8 Å². The molecule has 2 aromatic heterocycles. The Bertz CT molecular complexity index is 2450. The van der Waals surface area contributed by atoms with Crippen LogP contribution in [0.4, 0.5) is 9.59 Å². The molecular formula is C47H57N9O6. The third-order valence-electron chi connectivity index (χ3n) is 12.9. The van der Waals surface area contributed by atoms with Gasteiger partial charge in [0.25, 0.3) is 0 Å². The summed E-state index contributed by atoms with van der Waals surface area (Å²) in [5.41, 5.74) is 10.9. The number of fused-ring (bicyclic) bond motifs is 5. The maximum absolute atomic E-state index is 13.9. The summed E-state index contributed by atoms with van der Waals surface area (Å²) < 4.78 is 9.62. The van der Waals surface area contributed by atoms with Gasteiger partial charge in [0.2, 0.25) is 11.8 Å². The molecule has 8 rings (SSSR count). The molecule has 4 N–H and O–H groups in total. The third-order valence-corrected chi connectivity index (χ3v) is 12.9. The number of carbonyl (C=O) groups excluding carboxylic acids is 4. The second-order valence-corrected chi connectivity index (χ2v) is 17.8. The molecule has 1 fully saturated rings. The number of rotatable bonds is 11. The highest BCUT2D eigenvalue weighted by atomic mass is 16.5. The summed E-state index contributed by atoms with van der Waals surface area (Å²) in [5, 5.41) is 5.43. The number of benzene rings is 2. The summed E-state index contributed by atoms with van der Waals surface area (Å²) in [6, 6.07) is 11.2. The molecule has 4 amide bonds. The number of amides is 4. The summed E-state index contributed by atoms with van der Waals surface area (Å²) in [6.07, 6.45) is 8.65. The molecule has 0 aliphatic carbocycles. The number of aromatic amines is 2. The Kier molecular flexibility index (Phi) is 11.6. The number of alkyl carbamates (subject to hydrolysis) is 2. The van der Waals surface area contributed by atoms with Crippen molar-refractivity contribution in [2.75, 3.05) is 34.4 Å². The Hall–Kier alpha value is -6.22. The molecule has 0 spiro atoms.